The van der Waals surface area contributed by atoms with Crippen molar-refractivity contribution < 1.29 is 4.79 Å². The van der Waals surface area contributed by atoms with Gasteiger partial charge in [-0.1, -0.05) is 42.5 Å². The van der Waals surface area contributed by atoms with Crippen molar-refractivity contribution in [1.29, 1.82) is 0 Å². The lowest BCUT2D eigenvalue weighted by Gasteiger charge is -2.26. The van der Waals surface area contributed by atoms with Gasteiger partial charge in [0.1, 0.15) is 0 Å². The Hall–Kier alpha value is -1.82. The summed E-state index contributed by atoms with van der Waals surface area (Å²) in [6.07, 6.45) is 0.539. The highest BCUT2D eigenvalue weighted by Gasteiger charge is 2.15. The highest BCUT2D eigenvalue weighted by atomic mass is 32.2. The van der Waals surface area contributed by atoms with Crippen molar-refractivity contribution in [3.63, 3.8) is 0 Å². The highest BCUT2D eigenvalue weighted by Crippen LogP contribution is 2.16. The molecular weight excluding hydrogens is 330 g/mol. The predicted octanol–water partition coefficient (Wildman–Crippen LogP) is 2.74. The molecule has 0 saturated carbocycles. The maximum atomic E-state index is 12.4. The first kappa shape index (κ1) is 18.0. The summed E-state index contributed by atoms with van der Waals surface area (Å²) < 4.78 is 0. The number of nitrogens with one attached hydrogen (secondary N) is 1. The van der Waals surface area contributed by atoms with E-state index in [0.29, 0.717) is 6.42 Å². The van der Waals surface area contributed by atoms with Crippen LogP contribution < -0.4 is 11.1 Å². The fraction of sp³-hybridized carbons (Fsp3) is 0.350. The van der Waals surface area contributed by atoms with Gasteiger partial charge in [0.05, 0.1) is 6.04 Å². The van der Waals surface area contributed by atoms with Gasteiger partial charge in [0.2, 0.25) is 5.91 Å². The van der Waals surface area contributed by atoms with E-state index in [-0.39, 0.29) is 5.91 Å². The molecule has 1 amide bonds. The molecule has 3 N–H and O–H groups in total. The van der Waals surface area contributed by atoms with E-state index in [9.17, 15) is 4.79 Å². The predicted molar refractivity (Wildman–Crippen MR) is 106 cm³/mol. The maximum absolute atomic E-state index is 12.4. The van der Waals surface area contributed by atoms with Crippen LogP contribution in [0.5, 0.6) is 0 Å². The average Bonchev–Trinajstić information content (AvgIpc) is 2.63. The van der Waals surface area contributed by atoms with Crippen LogP contribution >= 0.6 is 11.8 Å². The Morgan fingerprint density at radius 3 is 2.56 bits per heavy atom. The number of nitrogens with zero attached hydrogens (tertiary/aromatic N) is 1. The molecule has 2 aromatic rings. The number of anilines is 1. The molecule has 1 atom stereocenters. The summed E-state index contributed by atoms with van der Waals surface area (Å²) in [4.78, 5) is 14.8. The lowest BCUT2D eigenvalue weighted by molar-refractivity contribution is -0.117. The van der Waals surface area contributed by atoms with E-state index in [1.54, 1.807) is 0 Å². The molecule has 1 aliphatic rings. The minimum Gasteiger partial charge on any atom is -0.325 e. The van der Waals surface area contributed by atoms with Gasteiger partial charge in [-0.25, -0.2) is 0 Å². The zero-order valence-corrected chi connectivity index (χ0v) is 15.2. The molecule has 25 heavy (non-hydrogen) atoms. The van der Waals surface area contributed by atoms with Gasteiger partial charge in [0.25, 0.3) is 0 Å². The molecule has 132 valence electrons. The van der Waals surface area contributed by atoms with Crippen molar-refractivity contribution in [3.8, 4) is 0 Å². The van der Waals surface area contributed by atoms with Gasteiger partial charge in [-0.2, -0.15) is 11.8 Å². The summed E-state index contributed by atoms with van der Waals surface area (Å²) in [7, 11) is 0. The standard InChI is InChI=1S/C20H25N3OS/c21-19(14-16-5-2-1-3-6-16)20(24)22-18-8-4-7-17(13-18)15-23-9-11-25-12-10-23/h1-8,13,19H,9-12,14-15,21H2,(H,22,24). The molecular formula is C20H25N3OS. The smallest absolute Gasteiger partial charge is 0.241 e. The number of carbonyl (C=O) groups excluding carboxylic acids is 1. The third kappa shape index (κ3) is 5.59. The SMILES string of the molecule is NC(Cc1ccccc1)C(=O)Nc1cccc(CN2CCSCC2)c1. The van der Waals surface area contributed by atoms with Gasteiger partial charge in [-0.3, -0.25) is 9.69 Å². The topological polar surface area (TPSA) is 58.4 Å². The van der Waals surface area contributed by atoms with E-state index in [2.05, 4.69) is 22.3 Å². The molecule has 0 aromatic heterocycles. The van der Waals surface area contributed by atoms with Crippen molar-refractivity contribution in [2.45, 2.75) is 19.0 Å². The van der Waals surface area contributed by atoms with Gasteiger partial charge in [-0.05, 0) is 29.7 Å². The van der Waals surface area contributed by atoms with E-state index in [1.165, 1.54) is 17.1 Å². The molecule has 0 aliphatic carbocycles. The Kier molecular flexibility index (Phi) is 6.50. The normalized spacial score (nSPS) is 16.4. The van der Waals surface area contributed by atoms with Crippen molar-refractivity contribution in [2.24, 2.45) is 5.73 Å². The van der Waals surface area contributed by atoms with Gasteiger partial charge < -0.3 is 11.1 Å². The summed E-state index contributed by atoms with van der Waals surface area (Å²) >= 11 is 2.01. The van der Waals surface area contributed by atoms with Crippen molar-refractivity contribution in [3.05, 3.63) is 65.7 Å². The van der Waals surface area contributed by atoms with Crippen LogP contribution in [0.15, 0.2) is 54.6 Å². The summed E-state index contributed by atoms with van der Waals surface area (Å²) in [5.41, 5.74) is 9.17. The van der Waals surface area contributed by atoms with Crippen LogP contribution in [0.2, 0.25) is 0 Å². The lowest BCUT2D eigenvalue weighted by atomic mass is 10.1. The first-order valence-electron chi connectivity index (χ1n) is 8.70. The Bertz CT molecular complexity index is 686. The average molecular weight is 356 g/mol. The quantitative estimate of drug-likeness (QED) is 0.836. The zero-order chi connectivity index (χ0) is 17.5. The Labute approximate surface area is 153 Å². The number of benzene rings is 2. The number of nitrogens with two attached hydrogens (primary N) is 1. The van der Waals surface area contributed by atoms with E-state index in [4.69, 9.17) is 5.73 Å². The molecule has 2 aromatic carbocycles. The third-order valence-electron chi connectivity index (χ3n) is 4.34. The maximum Gasteiger partial charge on any atom is 0.241 e. The first-order valence-corrected chi connectivity index (χ1v) is 9.85. The Balaban J connectivity index is 1.56. The van der Waals surface area contributed by atoms with Crippen molar-refractivity contribution in [2.75, 3.05) is 29.9 Å². The fourth-order valence-electron chi connectivity index (χ4n) is 2.96. The van der Waals surface area contributed by atoms with Gasteiger partial charge in [0, 0.05) is 36.8 Å². The number of rotatable bonds is 6. The monoisotopic (exact) mass is 355 g/mol. The first-order chi connectivity index (χ1) is 12.2. The largest absolute Gasteiger partial charge is 0.325 e. The number of carbonyl (C=O) groups is 1. The number of hydrogen-bond acceptors (Lipinski definition) is 4. The molecule has 0 radical (unpaired) electrons. The molecule has 1 aliphatic heterocycles. The summed E-state index contributed by atoms with van der Waals surface area (Å²) in [6, 6.07) is 17.4. The fourth-order valence-corrected chi connectivity index (χ4v) is 3.94. The molecule has 5 heteroatoms. The molecule has 3 rings (SSSR count). The molecule has 0 spiro atoms. The zero-order valence-electron chi connectivity index (χ0n) is 14.4. The van der Waals surface area contributed by atoms with Crippen LogP contribution in [-0.2, 0) is 17.8 Å². The molecule has 1 fully saturated rings. The minimum absolute atomic E-state index is 0.143. The van der Waals surface area contributed by atoms with Crippen LogP contribution in [-0.4, -0.2) is 41.4 Å². The van der Waals surface area contributed by atoms with Crippen LogP contribution in [0.1, 0.15) is 11.1 Å². The number of hydrogen-bond donors (Lipinski definition) is 2. The second kappa shape index (κ2) is 9.04. The second-order valence-electron chi connectivity index (χ2n) is 6.37. The van der Waals surface area contributed by atoms with E-state index < -0.39 is 6.04 Å². The van der Waals surface area contributed by atoms with Crippen molar-refractivity contribution in [1.82, 2.24) is 4.90 Å². The Morgan fingerprint density at radius 1 is 1.08 bits per heavy atom. The molecule has 1 saturated heterocycles. The summed E-state index contributed by atoms with van der Waals surface area (Å²) in [6.45, 7) is 3.19. The van der Waals surface area contributed by atoms with Crippen LogP contribution in [0.25, 0.3) is 0 Å². The van der Waals surface area contributed by atoms with Crippen molar-refractivity contribution >= 4 is 23.4 Å². The minimum atomic E-state index is -0.551. The van der Waals surface area contributed by atoms with E-state index in [0.717, 1.165) is 30.9 Å². The molecule has 0 bridgehead atoms. The van der Waals surface area contributed by atoms with Crippen LogP contribution in [0.4, 0.5) is 5.69 Å². The second-order valence-corrected chi connectivity index (χ2v) is 7.60. The summed E-state index contributed by atoms with van der Waals surface area (Å²) in [5, 5.41) is 2.95. The molecule has 1 unspecified atom stereocenters. The highest BCUT2D eigenvalue weighted by molar-refractivity contribution is 7.99. The van der Waals surface area contributed by atoms with Crippen LogP contribution in [0.3, 0.4) is 0 Å². The summed E-state index contributed by atoms with van der Waals surface area (Å²) in [5.74, 6) is 2.26. The van der Waals surface area contributed by atoms with Crippen LogP contribution in [0, 0.1) is 0 Å². The number of amides is 1. The van der Waals surface area contributed by atoms with Gasteiger partial charge in [-0.15, -0.1) is 0 Å². The lowest BCUT2D eigenvalue weighted by Crippen LogP contribution is -2.37. The van der Waals surface area contributed by atoms with E-state index >= 15 is 0 Å². The van der Waals surface area contributed by atoms with Gasteiger partial charge in [0.15, 0.2) is 0 Å². The molecule has 1 heterocycles. The third-order valence-corrected chi connectivity index (χ3v) is 5.28. The number of thioether (sulfide) groups is 1. The van der Waals surface area contributed by atoms with Gasteiger partial charge >= 0.3 is 0 Å². The molecule has 4 nitrogen and oxygen atoms in total. The Morgan fingerprint density at radius 2 is 1.80 bits per heavy atom. The van der Waals surface area contributed by atoms with E-state index in [1.807, 2.05) is 54.2 Å².